The topological polar surface area (TPSA) is 76.1 Å². The van der Waals surface area contributed by atoms with Crippen molar-refractivity contribution in [3.63, 3.8) is 0 Å². The molecule has 1 aromatic rings. The lowest BCUT2D eigenvalue weighted by molar-refractivity contribution is -0.166. The third kappa shape index (κ3) is 7.15. The maximum absolute atomic E-state index is 13.8. The van der Waals surface area contributed by atoms with Crippen LogP contribution >= 0.6 is 24.8 Å². The van der Waals surface area contributed by atoms with Crippen LogP contribution in [0.15, 0.2) is 30.3 Å². The summed E-state index contributed by atoms with van der Waals surface area (Å²) in [6.07, 6.45) is 10.0. The Bertz CT molecular complexity index is 930. The molecule has 2 N–H and O–H groups in total. The maximum Gasteiger partial charge on any atom is 0.248 e. The summed E-state index contributed by atoms with van der Waals surface area (Å²) in [7, 11) is 0. The first kappa shape index (κ1) is 33.1. The number of piperazine rings is 1. The van der Waals surface area contributed by atoms with Crippen LogP contribution in [0.4, 0.5) is 0 Å². The SMILES string of the molecule is CCCCN1C(=O)[C@@H]([C@H](O)C2CCCCC2)NC(=O)C12CCN(C1CCN(Cc3ccccc3)CC1)CC2.Cl.Cl. The summed E-state index contributed by atoms with van der Waals surface area (Å²) >= 11 is 0. The fourth-order valence-electron chi connectivity index (χ4n) is 7.50. The van der Waals surface area contributed by atoms with Crippen molar-refractivity contribution < 1.29 is 14.7 Å². The number of aliphatic hydroxyl groups excluding tert-OH is 1. The molecule has 5 rings (SSSR count). The van der Waals surface area contributed by atoms with Crippen molar-refractivity contribution in [2.45, 2.75) is 108 Å². The van der Waals surface area contributed by atoms with E-state index in [1.165, 1.54) is 12.0 Å². The third-order valence-electron chi connectivity index (χ3n) is 9.92. The van der Waals surface area contributed by atoms with Gasteiger partial charge in [0.05, 0.1) is 6.10 Å². The predicted octanol–water partition coefficient (Wildman–Crippen LogP) is 4.40. The number of hydrogen-bond acceptors (Lipinski definition) is 5. The van der Waals surface area contributed by atoms with Gasteiger partial charge in [-0.1, -0.05) is 62.9 Å². The number of halogens is 2. The second-order valence-electron chi connectivity index (χ2n) is 12.2. The van der Waals surface area contributed by atoms with Crippen LogP contribution in [0.25, 0.3) is 0 Å². The highest BCUT2D eigenvalue weighted by molar-refractivity contribution is 6.00. The van der Waals surface area contributed by atoms with Gasteiger partial charge in [-0.2, -0.15) is 0 Å². The zero-order valence-corrected chi connectivity index (χ0v) is 25.8. The van der Waals surface area contributed by atoms with E-state index in [9.17, 15) is 14.7 Å². The van der Waals surface area contributed by atoms with Crippen LogP contribution in [0, 0.1) is 5.92 Å². The Morgan fingerprint density at radius 2 is 1.60 bits per heavy atom. The van der Waals surface area contributed by atoms with Gasteiger partial charge in [0.15, 0.2) is 0 Å². The van der Waals surface area contributed by atoms with Crippen molar-refractivity contribution in [2.75, 3.05) is 32.7 Å². The highest BCUT2D eigenvalue weighted by Crippen LogP contribution is 2.37. The molecule has 0 aromatic heterocycles. The summed E-state index contributed by atoms with van der Waals surface area (Å²) in [6, 6.07) is 10.5. The Labute approximate surface area is 253 Å². The molecule has 40 heavy (non-hydrogen) atoms. The second kappa shape index (κ2) is 15.2. The van der Waals surface area contributed by atoms with Gasteiger partial charge >= 0.3 is 0 Å². The number of likely N-dealkylation sites (tertiary alicyclic amines) is 2. The standard InChI is InChI=1S/C31H48N4O3.2ClH/c1-2-3-18-35-29(37)27(28(36)25-12-8-5-9-13-25)32-30(38)31(35)16-21-34(22-17-31)26-14-19-33(20-15-26)23-24-10-6-4-7-11-24;;/h4,6-7,10-11,25-28,36H,2-3,5,8-9,12-23H2,1H3,(H,32,38);2*1H/t27-,28-;;/m1../s1. The van der Waals surface area contributed by atoms with Crippen molar-refractivity contribution in [1.82, 2.24) is 20.0 Å². The number of amides is 2. The number of carbonyl (C=O) groups is 2. The summed E-state index contributed by atoms with van der Waals surface area (Å²) < 4.78 is 0. The van der Waals surface area contributed by atoms with Crippen molar-refractivity contribution in [1.29, 1.82) is 0 Å². The Hall–Kier alpha value is -1.38. The minimum atomic E-state index is -0.792. The Balaban J connectivity index is 0.00000220. The van der Waals surface area contributed by atoms with Gasteiger partial charge in [-0.15, -0.1) is 24.8 Å². The largest absolute Gasteiger partial charge is 0.390 e. The normalized spacial score (nSPS) is 25.6. The second-order valence-corrected chi connectivity index (χ2v) is 12.2. The van der Waals surface area contributed by atoms with E-state index in [0.29, 0.717) is 25.4 Å². The smallest absolute Gasteiger partial charge is 0.248 e. The quantitative estimate of drug-likeness (QED) is 0.465. The molecule has 226 valence electrons. The zero-order valence-electron chi connectivity index (χ0n) is 24.1. The third-order valence-corrected chi connectivity index (χ3v) is 9.92. The van der Waals surface area contributed by atoms with Crippen LogP contribution in [0.2, 0.25) is 0 Å². The summed E-state index contributed by atoms with van der Waals surface area (Å²) in [5, 5.41) is 14.2. The van der Waals surface area contributed by atoms with Gasteiger partial charge in [0, 0.05) is 32.2 Å². The molecule has 7 nitrogen and oxygen atoms in total. The molecule has 0 radical (unpaired) electrons. The fourth-order valence-corrected chi connectivity index (χ4v) is 7.50. The number of aliphatic hydroxyl groups is 1. The molecule has 3 aliphatic heterocycles. The molecule has 3 saturated heterocycles. The summed E-state index contributed by atoms with van der Waals surface area (Å²) in [4.78, 5) is 34.6. The molecule has 1 aromatic carbocycles. The highest BCUT2D eigenvalue weighted by Gasteiger charge is 2.55. The molecule has 3 heterocycles. The maximum atomic E-state index is 13.8. The number of unbranched alkanes of at least 4 members (excludes halogenated alkanes) is 1. The number of piperidine rings is 2. The van der Waals surface area contributed by atoms with Gasteiger partial charge in [-0.25, -0.2) is 0 Å². The van der Waals surface area contributed by atoms with Crippen molar-refractivity contribution >= 4 is 36.6 Å². The van der Waals surface area contributed by atoms with Gasteiger partial charge < -0.3 is 20.2 Å². The van der Waals surface area contributed by atoms with Gasteiger partial charge in [0.1, 0.15) is 11.6 Å². The van der Waals surface area contributed by atoms with E-state index in [0.717, 1.165) is 84.1 Å². The fraction of sp³-hybridized carbons (Fsp3) is 0.742. The van der Waals surface area contributed by atoms with Crippen LogP contribution in [0.1, 0.15) is 83.1 Å². The average molecular weight is 598 g/mol. The van der Waals surface area contributed by atoms with E-state index < -0.39 is 17.7 Å². The molecule has 1 saturated carbocycles. The monoisotopic (exact) mass is 596 g/mol. The molecule has 4 aliphatic rings. The first-order chi connectivity index (χ1) is 18.5. The number of rotatable bonds is 8. The lowest BCUT2D eigenvalue weighted by Gasteiger charge is -2.54. The molecule has 4 fully saturated rings. The number of nitrogens with zero attached hydrogens (tertiary/aromatic N) is 3. The highest BCUT2D eigenvalue weighted by atomic mass is 35.5. The van der Waals surface area contributed by atoms with E-state index in [2.05, 4.69) is 52.4 Å². The number of nitrogens with one attached hydrogen (secondary N) is 1. The van der Waals surface area contributed by atoms with E-state index in [-0.39, 0.29) is 42.5 Å². The minimum Gasteiger partial charge on any atom is -0.390 e. The molecular formula is C31H50Cl2N4O3. The number of hydrogen-bond donors (Lipinski definition) is 2. The number of benzene rings is 1. The van der Waals surface area contributed by atoms with E-state index >= 15 is 0 Å². The summed E-state index contributed by atoms with van der Waals surface area (Å²) in [6.45, 7) is 7.65. The van der Waals surface area contributed by atoms with Crippen molar-refractivity contribution in [2.24, 2.45) is 5.92 Å². The first-order valence-electron chi connectivity index (χ1n) is 15.3. The van der Waals surface area contributed by atoms with Gasteiger partial charge in [0.2, 0.25) is 11.8 Å². The van der Waals surface area contributed by atoms with Crippen LogP contribution in [0.3, 0.4) is 0 Å². The Morgan fingerprint density at radius 3 is 2.23 bits per heavy atom. The molecule has 9 heteroatoms. The molecule has 2 atom stereocenters. The van der Waals surface area contributed by atoms with Gasteiger partial charge in [-0.05, 0) is 69.5 Å². The molecule has 1 aliphatic carbocycles. The van der Waals surface area contributed by atoms with E-state index in [4.69, 9.17) is 0 Å². The molecule has 2 amide bonds. The van der Waals surface area contributed by atoms with E-state index in [1.54, 1.807) is 0 Å². The number of carbonyl (C=O) groups excluding carboxylic acids is 2. The van der Waals surface area contributed by atoms with Crippen LogP contribution in [0.5, 0.6) is 0 Å². The molecule has 0 bridgehead atoms. The molecule has 0 unspecified atom stereocenters. The Kier molecular flexibility index (Phi) is 12.6. The summed E-state index contributed by atoms with van der Waals surface area (Å²) in [5.74, 6) is 0.0128. The zero-order chi connectivity index (χ0) is 26.5. The molecule has 1 spiro atoms. The predicted molar refractivity (Wildman–Crippen MR) is 164 cm³/mol. The van der Waals surface area contributed by atoms with E-state index in [1.807, 2.05) is 4.90 Å². The first-order valence-corrected chi connectivity index (χ1v) is 15.3. The summed E-state index contributed by atoms with van der Waals surface area (Å²) in [5.41, 5.74) is 0.609. The van der Waals surface area contributed by atoms with Crippen LogP contribution in [-0.4, -0.2) is 88.1 Å². The Morgan fingerprint density at radius 1 is 0.950 bits per heavy atom. The van der Waals surface area contributed by atoms with Gasteiger partial charge in [-0.3, -0.25) is 14.5 Å². The van der Waals surface area contributed by atoms with Gasteiger partial charge in [0.25, 0.3) is 0 Å². The van der Waals surface area contributed by atoms with Crippen molar-refractivity contribution in [3.8, 4) is 0 Å². The lowest BCUT2D eigenvalue weighted by Crippen LogP contribution is -2.75. The lowest BCUT2D eigenvalue weighted by atomic mass is 9.77. The average Bonchev–Trinajstić information content (AvgIpc) is 2.96. The molecular weight excluding hydrogens is 547 g/mol. The van der Waals surface area contributed by atoms with Crippen LogP contribution in [-0.2, 0) is 16.1 Å². The van der Waals surface area contributed by atoms with Crippen molar-refractivity contribution in [3.05, 3.63) is 35.9 Å². The van der Waals surface area contributed by atoms with Crippen LogP contribution < -0.4 is 5.32 Å². The minimum absolute atomic E-state index is 0.